The molecule has 0 aromatic carbocycles. The van der Waals surface area contributed by atoms with Gasteiger partial charge in [-0.05, 0) is 13.8 Å². The third-order valence-corrected chi connectivity index (χ3v) is 3.28. The van der Waals surface area contributed by atoms with Crippen molar-refractivity contribution in [3.05, 3.63) is 22.5 Å². The van der Waals surface area contributed by atoms with Crippen molar-refractivity contribution in [2.45, 2.75) is 20.3 Å². The van der Waals surface area contributed by atoms with E-state index in [1.807, 2.05) is 6.20 Å². The molecule has 0 unspecified atom stereocenters. The summed E-state index contributed by atoms with van der Waals surface area (Å²) in [5, 5.41) is 7.19. The number of imidazole rings is 1. The lowest BCUT2D eigenvalue weighted by molar-refractivity contribution is 1.10. The van der Waals surface area contributed by atoms with Gasteiger partial charge in [0.25, 0.3) is 0 Å². The Balaban J connectivity index is 2.48. The summed E-state index contributed by atoms with van der Waals surface area (Å²) >= 11 is 1.67. The summed E-state index contributed by atoms with van der Waals surface area (Å²) in [6.07, 6.45) is 2.39. The lowest BCUT2D eigenvalue weighted by Gasteiger charge is -1.92. The van der Waals surface area contributed by atoms with Crippen molar-refractivity contribution < 1.29 is 0 Å². The highest BCUT2D eigenvalue weighted by atomic mass is 32.1. The maximum Gasteiger partial charge on any atom is 0.194 e. The molecule has 0 spiro atoms. The van der Waals surface area contributed by atoms with Crippen LogP contribution in [0, 0.1) is 19.3 Å². The maximum absolute atomic E-state index is 7.19. The van der Waals surface area contributed by atoms with Gasteiger partial charge in [0.05, 0.1) is 11.5 Å². The van der Waals surface area contributed by atoms with E-state index in [-0.39, 0.29) is 5.84 Å². The molecule has 0 bridgehead atoms. The van der Waals surface area contributed by atoms with E-state index in [1.165, 1.54) is 10.6 Å². The zero-order valence-corrected chi connectivity index (χ0v) is 8.98. The highest BCUT2D eigenvalue weighted by molar-refractivity contribution is 7.17. The smallest absolute Gasteiger partial charge is 0.194 e. The van der Waals surface area contributed by atoms with Gasteiger partial charge >= 0.3 is 0 Å². The number of fused-ring (bicyclic) bond motifs is 1. The Kier molecular flexibility index (Phi) is 2.03. The van der Waals surface area contributed by atoms with Crippen molar-refractivity contribution in [1.82, 2.24) is 9.38 Å². The van der Waals surface area contributed by atoms with Crippen molar-refractivity contribution >= 4 is 22.1 Å². The molecule has 5 heteroatoms. The number of thiazole rings is 1. The Morgan fingerprint density at radius 1 is 1.64 bits per heavy atom. The molecule has 4 nitrogen and oxygen atoms in total. The van der Waals surface area contributed by atoms with Crippen LogP contribution in [-0.4, -0.2) is 15.2 Å². The maximum atomic E-state index is 7.19. The molecule has 74 valence electrons. The Morgan fingerprint density at radius 2 is 2.36 bits per heavy atom. The van der Waals surface area contributed by atoms with Gasteiger partial charge in [-0.1, -0.05) is 0 Å². The number of nitrogens with two attached hydrogens (primary N) is 1. The van der Waals surface area contributed by atoms with Crippen LogP contribution in [0.2, 0.25) is 0 Å². The molecule has 14 heavy (non-hydrogen) atoms. The van der Waals surface area contributed by atoms with Gasteiger partial charge in [-0.3, -0.25) is 9.81 Å². The van der Waals surface area contributed by atoms with Crippen LogP contribution in [0.15, 0.2) is 6.20 Å². The van der Waals surface area contributed by atoms with Gasteiger partial charge in [-0.2, -0.15) is 0 Å². The number of rotatable bonds is 2. The van der Waals surface area contributed by atoms with E-state index in [2.05, 4.69) is 23.2 Å². The first-order valence-electron chi connectivity index (χ1n) is 4.35. The Morgan fingerprint density at radius 3 is 2.93 bits per heavy atom. The fourth-order valence-corrected chi connectivity index (χ4v) is 2.35. The van der Waals surface area contributed by atoms with Gasteiger partial charge in [-0.15, -0.1) is 11.3 Å². The minimum absolute atomic E-state index is 0.158. The summed E-state index contributed by atoms with van der Waals surface area (Å²) in [4.78, 5) is 6.66. The number of nitrogens with one attached hydrogen (secondary N) is 1. The Labute approximate surface area is 85.9 Å². The number of nitrogens with zero attached hydrogens (tertiary/aromatic N) is 2. The van der Waals surface area contributed by atoms with E-state index >= 15 is 0 Å². The monoisotopic (exact) mass is 208 g/mol. The molecule has 2 rings (SSSR count). The van der Waals surface area contributed by atoms with Crippen molar-refractivity contribution in [1.29, 1.82) is 5.41 Å². The van der Waals surface area contributed by atoms with Crippen molar-refractivity contribution in [2.75, 3.05) is 0 Å². The first-order chi connectivity index (χ1) is 6.58. The fraction of sp³-hybridized carbons (Fsp3) is 0.333. The van der Waals surface area contributed by atoms with Crippen LogP contribution in [0.3, 0.4) is 0 Å². The van der Waals surface area contributed by atoms with Gasteiger partial charge in [0.15, 0.2) is 4.96 Å². The molecule has 2 aromatic heterocycles. The number of hydrogen-bond acceptors (Lipinski definition) is 3. The van der Waals surface area contributed by atoms with Crippen LogP contribution in [-0.2, 0) is 6.42 Å². The van der Waals surface area contributed by atoms with Gasteiger partial charge in [-0.25, -0.2) is 4.98 Å². The third kappa shape index (κ3) is 1.39. The normalized spacial score (nSPS) is 11.0. The van der Waals surface area contributed by atoms with E-state index < -0.39 is 0 Å². The average molecular weight is 208 g/mol. The summed E-state index contributed by atoms with van der Waals surface area (Å²) in [5.74, 6) is 0.158. The van der Waals surface area contributed by atoms with E-state index in [4.69, 9.17) is 11.1 Å². The van der Waals surface area contributed by atoms with Crippen LogP contribution < -0.4 is 5.73 Å². The van der Waals surface area contributed by atoms with Crippen LogP contribution in [0.4, 0.5) is 0 Å². The van der Waals surface area contributed by atoms with Gasteiger partial charge < -0.3 is 5.73 Å². The third-order valence-electron chi connectivity index (χ3n) is 2.21. The van der Waals surface area contributed by atoms with Gasteiger partial charge in [0.2, 0.25) is 0 Å². The van der Waals surface area contributed by atoms with E-state index in [1.54, 1.807) is 11.3 Å². The second-order valence-electron chi connectivity index (χ2n) is 3.33. The second kappa shape index (κ2) is 3.09. The number of hydrogen-bond donors (Lipinski definition) is 2. The molecule has 0 saturated carbocycles. The minimum atomic E-state index is 0.158. The highest BCUT2D eigenvalue weighted by Gasteiger charge is 2.08. The summed E-state index contributed by atoms with van der Waals surface area (Å²) < 4.78 is 2.05. The standard InChI is InChI=1S/C9H12N4S/c1-5-6(2)14-9-12-7(3-8(10)11)4-13(5)9/h4H,3H2,1-2H3,(H3,10,11). The van der Waals surface area contributed by atoms with E-state index in [0.717, 1.165) is 10.7 Å². The van der Waals surface area contributed by atoms with E-state index in [0.29, 0.717) is 6.42 Å². The zero-order chi connectivity index (χ0) is 10.3. The first-order valence-corrected chi connectivity index (χ1v) is 5.16. The predicted molar refractivity (Wildman–Crippen MR) is 58.2 cm³/mol. The Hall–Kier alpha value is -1.36. The van der Waals surface area contributed by atoms with Crippen LogP contribution in [0.1, 0.15) is 16.3 Å². The predicted octanol–water partition coefficient (Wildman–Crippen LogP) is 1.49. The van der Waals surface area contributed by atoms with E-state index in [9.17, 15) is 0 Å². The van der Waals surface area contributed by atoms with Crippen molar-refractivity contribution in [2.24, 2.45) is 5.73 Å². The SMILES string of the molecule is Cc1sc2nc(CC(=N)N)cn2c1C. The molecular weight excluding hydrogens is 196 g/mol. The van der Waals surface area contributed by atoms with Crippen LogP contribution in [0.5, 0.6) is 0 Å². The highest BCUT2D eigenvalue weighted by Crippen LogP contribution is 2.21. The average Bonchev–Trinajstić information content (AvgIpc) is 2.54. The number of aryl methyl sites for hydroxylation is 2. The molecule has 0 fully saturated rings. The summed E-state index contributed by atoms with van der Waals surface area (Å²) in [5.41, 5.74) is 7.40. The van der Waals surface area contributed by atoms with Gasteiger partial charge in [0.1, 0.15) is 0 Å². The molecule has 0 aliphatic carbocycles. The zero-order valence-electron chi connectivity index (χ0n) is 8.16. The topological polar surface area (TPSA) is 67.2 Å². The summed E-state index contributed by atoms with van der Waals surface area (Å²) in [6.45, 7) is 4.15. The number of amidine groups is 1. The van der Waals surface area contributed by atoms with Crippen LogP contribution >= 0.6 is 11.3 Å². The second-order valence-corrected chi connectivity index (χ2v) is 4.51. The minimum Gasteiger partial charge on any atom is -0.387 e. The molecule has 0 atom stereocenters. The molecule has 3 N–H and O–H groups in total. The molecule has 0 amide bonds. The summed E-state index contributed by atoms with van der Waals surface area (Å²) in [7, 11) is 0. The number of aromatic nitrogens is 2. The van der Waals surface area contributed by atoms with Crippen molar-refractivity contribution in [3.8, 4) is 0 Å². The molecule has 0 aliphatic rings. The summed E-state index contributed by atoms with van der Waals surface area (Å²) in [6, 6.07) is 0. The lowest BCUT2D eigenvalue weighted by Crippen LogP contribution is -2.12. The molecule has 0 aliphatic heterocycles. The van der Waals surface area contributed by atoms with Gasteiger partial charge in [0, 0.05) is 23.2 Å². The lowest BCUT2D eigenvalue weighted by atomic mass is 10.3. The Bertz CT molecular complexity index is 494. The quantitative estimate of drug-likeness (QED) is 0.580. The molecule has 0 radical (unpaired) electrons. The fourth-order valence-electron chi connectivity index (χ4n) is 1.38. The molecule has 2 aromatic rings. The molecule has 0 saturated heterocycles. The first kappa shape index (κ1) is 9.21. The van der Waals surface area contributed by atoms with Crippen LogP contribution in [0.25, 0.3) is 4.96 Å². The molecule has 2 heterocycles. The van der Waals surface area contributed by atoms with Crippen molar-refractivity contribution in [3.63, 3.8) is 0 Å². The largest absolute Gasteiger partial charge is 0.387 e. The molecular formula is C9H12N4S.